The summed E-state index contributed by atoms with van der Waals surface area (Å²) in [4.78, 5) is 9.73. The second-order valence-corrected chi connectivity index (χ2v) is 5.53. The Morgan fingerprint density at radius 2 is 1.58 bits per heavy atom. The zero-order valence-corrected chi connectivity index (χ0v) is 11.6. The number of hydrogen-bond acceptors (Lipinski definition) is 3. The maximum atomic E-state index is 11.9. The zero-order chi connectivity index (χ0) is 13.9. The Hall–Kier alpha value is -1.77. The van der Waals surface area contributed by atoms with Gasteiger partial charge in [0.05, 0.1) is 0 Å². The zero-order valence-electron chi connectivity index (χ0n) is 10.7. The summed E-state index contributed by atoms with van der Waals surface area (Å²) >= 11 is 0. The highest BCUT2D eigenvalue weighted by Crippen LogP contribution is 2.45. The summed E-state index contributed by atoms with van der Waals surface area (Å²) < 4.78 is 22.0. The predicted molar refractivity (Wildman–Crippen MR) is 73.4 cm³/mol. The molecule has 0 radical (unpaired) electrons. The van der Waals surface area contributed by atoms with Crippen LogP contribution in [-0.2, 0) is 4.57 Å². The average Bonchev–Trinajstić information content (AvgIpc) is 2.35. The summed E-state index contributed by atoms with van der Waals surface area (Å²) in [5.74, 6) is 0.630. The third kappa shape index (κ3) is 3.85. The topological polar surface area (TPSA) is 55.8 Å². The molecule has 0 saturated heterocycles. The first-order valence-electron chi connectivity index (χ1n) is 5.80. The van der Waals surface area contributed by atoms with Gasteiger partial charge in [0.2, 0.25) is 0 Å². The number of aryl methyl sites for hydroxylation is 2. The van der Waals surface area contributed by atoms with Gasteiger partial charge in [-0.05, 0) is 37.6 Å². The van der Waals surface area contributed by atoms with Gasteiger partial charge in [-0.25, -0.2) is 4.57 Å². The second-order valence-electron chi connectivity index (χ2n) is 4.23. The SMILES string of the molecule is Cc1ccc(OP(=O)(O)Oc2ccccc2C)cc1. The maximum absolute atomic E-state index is 11.9. The number of phosphoric ester groups is 1. The molecule has 100 valence electrons. The minimum Gasteiger partial charge on any atom is -0.395 e. The van der Waals surface area contributed by atoms with E-state index in [1.807, 2.05) is 13.0 Å². The lowest BCUT2D eigenvalue weighted by molar-refractivity contribution is 0.290. The molecule has 0 aliphatic heterocycles. The number of phosphoric acid groups is 1. The Morgan fingerprint density at radius 3 is 2.21 bits per heavy atom. The summed E-state index contributed by atoms with van der Waals surface area (Å²) in [7, 11) is -4.18. The van der Waals surface area contributed by atoms with Crippen LogP contribution in [0, 0.1) is 13.8 Å². The molecule has 0 aliphatic carbocycles. The summed E-state index contributed by atoms with van der Waals surface area (Å²) in [6.45, 7) is 3.72. The van der Waals surface area contributed by atoms with Crippen molar-refractivity contribution in [3.8, 4) is 11.5 Å². The Kier molecular flexibility index (Phi) is 3.93. The van der Waals surface area contributed by atoms with Gasteiger partial charge in [0.15, 0.2) is 0 Å². The van der Waals surface area contributed by atoms with Crippen LogP contribution in [0.25, 0.3) is 0 Å². The smallest absolute Gasteiger partial charge is 0.395 e. The van der Waals surface area contributed by atoms with Crippen molar-refractivity contribution < 1.29 is 18.5 Å². The Bertz CT molecular complexity index is 607. The van der Waals surface area contributed by atoms with Crippen LogP contribution in [0.2, 0.25) is 0 Å². The monoisotopic (exact) mass is 278 g/mol. The van der Waals surface area contributed by atoms with Gasteiger partial charge < -0.3 is 9.05 Å². The number of para-hydroxylation sites is 1. The van der Waals surface area contributed by atoms with Gasteiger partial charge in [0.1, 0.15) is 11.5 Å². The van der Waals surface area contributed by atoms with Crippen LogP contribution in [0.1, 0.15) is 11.1 Å². The molecule has 2 rings (SSSR count). The fourth-order valence-electron chi connectivity index (χ4n) is 1.53. The summed E-state index contributed by atoms with van der Waals surface area (Å²) in [5.41, 5.74) is 1.81. The van der Waals surface area contributed by atoms with E-state index >= 15 is 0 Å². The third-order valence-corrected chi connectivity index (χ3v) is 3.42. The van der Waals surface area contributed by atoms with Gasteiger partial charge >= 0.3 is 7.82 Å². The molecule has 0 saturated carbocycles. The van der Waals surface area contributed by atoms with E-state index in [1.165, 1.54) is 0 Å². The second kappa shape index (κ2) is 5.47. The molecule has 0 fully saturated rings. The largest absolute Gasteiger partial charge is 0.584 e. The quantitative estimate of drug-likeness (QED) is 0.863. The van der Waals surface area contributed by atoms with E-state index in [0.717, 1.165) is 11.1 Å². The number of benzene rings is 2. The first-order valence-corrected chi connectivity index (χ1v) is 7.30. The van der Waals surface area contributed by atoms with Crippen molar-refractivity contribution in [2.24, 2.45) is 0 Å². The van der Waals surface area contributed by atoms with Gasteiger partial charge in [-0.3, -0.25) is 4.89 Å². The van der Waals surface area contributed by atoms with Crippen LogP contribution in [0.15, 0.2) is 48.5 Å². The Labute approximate surface area is 112 Å². The molecule has 1 atom stereocenters. The van der Waals surface area contributed by atoms with Crippen molar-refractivity contribution >= 4 is 7.82 Å². The van der Waals surface area contributed by atoms with E-state index in [4.69, 9.17) is 9.05 Å². The molecule has 0 spiro atoms. The molecular formula is C14H15O4P. The van der Waals surface area contributed by atoms with Crippen LogP contribution in [0.5, 0.6) is 11.5 Å². The van der Waals surface area contributed by atoms with Gasteiger partial charge in [-0.2, -0.15) is 0 Å². The van der Waals surface area contributed by atoms with Crippen LogP contribution in [-0.4, -0.2) is 4.89 Å². The van der Waals surface area contributed by atoms with Crippen LogP contribution in [0.4, 0.5) is 0 Å². The van der Waals surface area contributed by atoms with Crippen molar-refractivity contribution in [1.29, 1.82) is 0 Å². The van der Waals surface area contributed by atoms with Crippen LogP contribution >= 0.6 is 7.82 Å². The van der Waals surface area contributed by atoms with Crippen molar-refractivity contribution in [2.75, 3.05) is 0 Å². The molecule has 5 heteroatoms. The van der Waals surface area contributed by atoms with E-state index in [-0.39, 0.29) is 0 Å². The minimum absolute atomic E-state index is 0.296. The molecule has 0 heterocycles. The molecule has 19 heavy (non-hydrogen) atoms. The molecule has 2 aromatic rings. The Morgan fingerprint density at radius 1 is 0.947 bits per heavy atom. The molecule has 0 amide bonds. The van der Waals surface area contributed by atoms with Gasteiger partial charge in [-0.1, -0.05) is 35.9 Å². The van der Waals surface area contributed by atoms with E-state index in [0.29, 0.717) is 11.5 Å². The highest BCUT2D eigenvalue weighted by atomic mass is 31.2. The fraction of sp³-hybridized carbons (Fsp3) is 0.143. The first kappa shape index (κ1) is 13.7. The van der Waals surface area contributed by atoms with E-state index in [2.05, 4.69) is 0 Å². The highest BCUT2D eigenvalue weighted by Gasteiger charge is 2.25. The summed E-state index contributed by atoms with van der Waals surface area (Å²) in [6.07, 6.45) is 0. The molecule has 1 unspecified atom stereocenters. The minimum atomic E-state index is -4.18. The fourth-order valence-corrected chi connectivity index (χ4v) is 2.41. The summed E-state index contributed by atoms with van der Waals surface area (Å²) in [5, 5.41) is 0. The Balaban J connectivity index is 2.13. The normalized spacial score (nSPS) is 13.6. The van der Waals surface area contributed by atoms with Gasteiger partial charge in [0.25, 0.3) is 0 Å². The van der Waals surface area contributed by atoms with Gasteiger partial charge in [-0.15, -0.1) is 0 Å². The molecule has 0 aromatic heterocycles. The van der Waals surface area contributed by atoms with Crippen molar-refractivity contribution in [3.63, 3.8) is 0 Å². The lowest BCUT2D eigenvalue weighted by Crippen LogP contribution is -2.00. The molecular weight excluding hydrogens is 263 g/mol. The first-order chi connectivity index (χ1) is 8.96. The predicted octanol–water partition coefficient (Wildman–Crippen LogP) is 3.86. The number of hydrogen-bond donors (Lipinski definition) is 1. The molecule has 0 aliphatic rings. The molecule has 4 nitrogen and oxygen atoms in total. The molecule has 1 N–H and O–H groups in total. The van der Waals surface area contributed by atoms with E-state index < -0.39 is 7.82 Å². The van der Waals surface area contributed by atoms with Crippen LogP contribution < -0.4 is 9.05 Å². The van der Waals surface area contributed by atoms with E-state index in [1.54, 1.807) is 49.4 Å². The average molecular weight is 278 g/mol. The lowest BCUT2D eigenvalue weighted by atomic mass is 10.2. The molecule has 2 aromatic carbocycles. The van der Waals surface area contributed by atoms with Crippen molar-refractivity contribution in [2.45, 2.75) is 13.8 Å². The highest BCUT2D eigenvalue weighted by molar-refractivity contribution is 7.48. The number of rotatable bonds is 4. The third-order valence-electron chi connectivity index (χ3n) is 2.55. The lowest BCUT2D eigenvalue weighted by Gasteiger charge is -2.15. The maximum Gasteiger partial charge on any atom is 0.584 e. The standard InChI is InChI=1S/C14H15O4P/c1-11-7-9-13(10-8-11)17-19(15,16)18-14-6-4-3-5-12(14)2/h3-10H,1-2H3,(H,15,16). The van der Waals surface area contributed by atoms with Crippen molar-refractivity contribution in [3.05, 3.63) is 59.7 Å². The summed E-state index contributed by atoms with van der Waals surface area (Å²) in [6, 6.07) is 13.8. The van der Waals surface area contributed by atoms with Gasteiger partial charge in [0, 0.05) is 0 Å². The van der Waals surface area contributed by atoms with Crippen LogP contribution in [0.3, 0.4) is 0 Å². The van der Waals surface area contributed by atoms with Crippen molar-refractivity contribution in [1.82, 2.24) is 0 Å². The molecule has 0 bridgehead atoms. The van der Waals surface area contributed by atoms with E-state index in [9.17, 15) is 9.46 Å².